The van der Waals surface area contributed by atoms with Crippen LogP contribution in [-0.4, -0.2) is 44.5 Å². The molecule has 0 aromatic heterocycles. The third-order valence-corrected chi connectivity index (χ3v) is 3.59. The molecule has 1 saturated heterocycles. The van der Waals surface area contributed by atoms with Crippen LogP contribution in [0.3, 0.4) is 0 Å². The Hall–Kier alpha value is -1.55. The van der Waals surface area contributed by atoms with Gasteiger partial charge in [0.05, 0.1) is 6.54 Å². The first-order valence-corrected chi connectivity index (χ1v) is 6.93. The maximum absolute atomic E-state index is 12.1. The van der Waals surface area contributed by atoms with E-state index in [2.05, 4.69) is 29.6 Å². The Morgan fingerprint density at radius 2 is 1.89 bits per heavy atom. The van der Waals surface area contributed by atoms with Crippen molar-refractivity contribution in [2.24, 2.45) is 0 Å². The Morgan fingerprint density at radius 1 is 1.26 bits per heavy atom. The highest BCUT2D eigenvalue weighted by atomic mass is 16.2. The minimum absolute atomic E-state index is 0.235. The summed E-state index contributed by atoms with van der Waals surface area (Å²) >= 11 is 0. The van der Waals surface area contributed by atoms with Crippen molar-refractivity contribution in [3.63, 3.8) is 0 Å². The quantitative estimate of drug-likeness (QED) is 0.872. The minimum atomic E-state index is 0.235. The molecule has 0 saturated carbocycles. The summed E-state index contributed by atoms with van der Waals surface area (Å²) in [6.45, 7) is 3.18. The Kier molecular flexibility index (Phi) is 4.80. The Bertz CT molecular complexity index is 410. The van der Waals surface area contributed by atoms with Crippen LogP contribution in [0.5, 0.6) is 0 Å². The molecule has 1 aliphatic heterocycles. The molecule has 0 bridgehead atoms. The fourth-order valence-corrected chi connectivity index (χ4v) is 2.43. The number of rotatable bonds is 5. The van der Waals surface area contributed by atoms with E-state index in [1.165, 1.54) is 5.56 Å². The van der Waals surface area contributed by atoms with Crippen molar-refractivity contribution in [2.45, 2.75) is 19.4 Å². The van der Waals surface area contributed by atoms with E-state index in [0.29, 0.717) is 6.54 Å². The van der Waals surface area contributed by atoms with Gasteiger partial charge in [0.25, 0.3) is 0 Å². The fourth-order valence-electron chi connectivity index (χ4n) is 2.43. The molecule has 4 heteroatoms. The molecule has 0 radical (unpaired) electrons. The van der Waals surface area contributed by atoms with E-state index in [0.717, 1.165) is 38.2 Å². The first-order chi connectivity index (χ1) is 9.20. The molecule has 1 aromatic carbocycles. The lowest BCUT2D eigenvalue weighted by molar-refractivity contribution is -0.128. The molecule has 1 N–H and O–H groups in total. The summed E-state index contributed by atoms with van der Waals surface area (Å²) in [6, 6.07) is 8.35. The number of likely N-dealkylation sites (N-methyl/N-ethyl adjacent to an activating group) is 1. The van der Waals surface area contributed by atoms with Gasteiger partial charge in [0.2, 0.25) is 5.91 Å². The maximum Gasteiger partial charge on any atom is 0.242 e. The van der Waals surface area contributed by atoms with E-state index >= 15 is 0 Å². The first kappa shape index (κ1) is 13.9. The standard InChI is InChI=1S/C15H23N3O/c1-16-11-13-5-7-14(8-6-13)17(2)12-15(19)18-9-3-4-10-18/h5-8,16H,3-4,9-12H2,1-2H3. The van der Waals surface area contributed by atoms with Gasteiger partial charge in [0.15, 0.2) is 0 Å². The van der Waals surface area contributed by atoms with Crippen molar-refractivity contribution in [2.75, 3.05) is 38.6 Å². The smallest absolute Gasteiger partial charge is 0.242 e. The molecular weight excluding hydrogens is 238 g/mol. The number of hydrogen-bond acceptors (Lipinski definition) is 3. The van der Waals surface area contributed by atoms with E-state index in [1.807, 2.05) is 23.9 Å². The summed E-state index contributed by atoms with van der Waals surface area (Å²) in [7, 11) is 3.91. The Balaban J connectivity index is 1.91. The van der Waals surface area contributed by atoms with Crippen LogP contribution in [0.1, 0.15) is 18.4 Å². The predicted octanol–water partition coefficient (Wildman–Crippen LogP) is 1.46. The number of anilines is 1. The summed E-state index contributed by atoms with van der Waals surface area (Å²) in [5.41, 5.74) is 2.35. The number of hydrogen-bond donors (Lipinski definition) is 1. The second-order valence-corrected chi connectivity index (χ2v) is 5.14. The highest BCUT2D eigenvalue weighted by Crippen LogP contribution is 2.15. The van der Waals surface area contributed by atoms with Crippen molar-refractivity contribution < 1.29 is 4.79 Å². The van der Waals surface area contributed by atoms with Crippen molar-refractivity contribution in [1.29, 1.82) is 0 Å². The number of likely N-dealkylation sites (tertiary alicyclic amines) is 1. The molecule has 19 heavy (non-hydrogen) atoms. The van der Waals surface area contributed by atoms with E-state index in [1.54, 1.807) is 0 Å². The monoisotopic (exact) mass is 261 g/mol. The van der Waals surface area contributed by atoms with Gasteiger partial charge >= 0.3 is 0 Å². The molecule has 1 heterocycles. The molecule has 4 nitrogen and oxygen atoms in total. The van der Waals surface area contributed by atoms with E-state index in [4.69, 9.17) is 0 Å². The van der Waals surface area contributed by atoms with Gasteiger partial charge in [-0.2, -0.15) is 0 Å². The molecular formula is C15H23N3O. The number of nitrogens with one attached hydrogen (secondary N) is 1. The maximum atomic E-state index is 12.1. The second-order valence-electron chi connectivity index (χ2n) is 5.14. The molecule has 1 amide bonds. The summed E-state index contributed by atoms with van der Waals surface area (Å²) in [6.07, 6.45) is 2.29. The lowest BCUT2D eigenvalue weighted by Crippen LogP contribution is -2.37. The molecule has 2 rings (SSSR count). The predicted molar refractivity (Wildman–Crippen MR) is 78.3 cm³/mol. The third kappa shape index (κ3) is 3.70. The second kappa shape index (κ2) is 6.57. The largest absolute Gasteiger partial charge is 0.365 e. The molecule has 0 aliphatic carbocycles. The van der Waals surface area contributed by atoms with Gasteiger partial charge in [-0.25, -0.2) is 0 Å². The number of nitrogens with zero attached hydrogens (tertiary/aromatic N) is 2. The van der Waals surface area contributed by atoms with Gasteiger partial charge in [-0.15, -0.1) is 0 Å². The van der Waals surface area contributed by atoms with Crippen LogP contribution in [-0.2, 0) is 11.3 Å². The van der Waals surface area contributed by atoms with Crippen LogP contribution in [0.25, 0.3) is 0 Å². The van der Waals surface area contributed by atoms with Crippen LogP contribution in [0, 0.1) is 0 Å². The van der Waals surface area contributed by atoms with Crippen molar-refractivity contribution in [3.8, 4) is 0 Å². The molecule has 1 aromatic rings. The van der Waals surface area contributed by atoms with Crippen LogP contribution >= 0.6 is 0 Å². The summed E-state index contributed by atoms with van der Waals surface area (Å²) in [5, 5.41) is 3.13. The lowest BCUT2D eigenvalue weighted by Gasteiger charge is -2.23. The summed E-state index contributed by atoms with van der Waals surface area (Å²) < 4.78 is 0. The first-order valence-electron chi connectivity index (χ1n) is 6.93. The SMILES string of the molecule is CNCc1ccc(N(C)CC(=O)N2CCCC2)cc1. The van der Waals surface area contributed by atoms with E-state index in [-0.39, 0.29) is 5.91 Å². The van der Waals surface area contributed by atoms with Gasteiger partial charge in [0.1, 0.15) is 0 Å². The fraction of sp³-hybridized carbons (Fsp3) is 0.533. The topological polar surface area (TPSA) is 35.6 Å². The van der Waals surface area contributed by atoms with Gasteiger partial charge in [-0.1, -0.05) is 12.1 Å². The zero-order chi connectivity index (χ0) is 13.7. The van der Waals surface area contributed by atoms with E-state index in [9.17, 15) is 4.79 Å². The van der Waals surface area contributed by atoms with Gasteiger partial charge in [0, 0.05) is 32.4 Å². The molecule has 104 valence electrons. The molecule has 0 unspecified atom stereocenters. The molecule has 1 aliphatic rings. The van der Waals surface area contributed by atoms with Crippen LogP contribution < -0.4 is 10.2 Å². The average molecular weight is 261 g/mol. The van der Waals surface area contributed by atoms with Crippen LogP contribution in [0.2, 0.25) is 0 Å². The number of amides is 1. The van der Waals surface area contributed by atoms with Crippen molar-refractivity contribution in [1.82, 2.24) is 10.2 Å². The summed E-state index contributed by atoms with van der Waals surface area (Å²) in [5.74, 6) is 0.235. The van der Waals surface area contributed by atoms with Gasteiger partial charge < -0.3 is 15.1 Å². The Morgan fingerprint density at radius 3 is 2.47 bits per heavy atom. The highest BCUT2D eigenvalue weighted by molar-refractivity contribution is 5.81. The minimum Gasteiger partial charge on any atom is -0.365 e. The molecule has 0 spiro atoms. The van der Waals surface area contributed by atoms with Crippen LogP contribution in [0.4, 0.5) is 5.69 Å². The van der Waals surface area contributed by atoms with Gasteiger partial charge in [-0.05, 0) is 37.6 Å². The zero-order valence-electron chi connectivity index (χ0n) is 11.9. The van der Waals surface area contributed by atoms with Crippen molar-refractivity contribution >= 4 is 11.6 Å². The average Bonchev–Trinajstić information content (AvgIpc) is 2.94. The lowest BCUT2D eigenvalue weighted by atomic mass is 10.2. The summed E-state index contributed by atoms with van der Waals surface area (Å²) in [4.78, 5) is 16.1. The number of carbonyl (C=O) groups is 1. The van der Waals surface area contributed by atoms with Crippen molar-refractivity contribution in [3.05, 3.63) is 29.8 Å². The van der Waals surface area contributed by atoms with E-state index < -0.39 is 0 Å². The van der Waals surface area contributed by atoms with Crippen LogP contribution in [0.15, 0.2) is 24.3 Å². The highest BCUT2D eigenvalue weighted by Gasteiger charge is 2.19. The normalized spacial score (nSPS) is 14.7. The molecule has 1 fully saturated rings. The molecule has 0 atom stereocenters. The number of benzene rings is 1. The Labute approximate surface area is 115 Å². The number of carbonyl (C=O) groups excluding carboxylic acids is 1. The van der Waals surface area contributed by atoms with Gasteiger partial charge in [-0.3, -0.25) is 4.79 Å². The zero-order valence-corrected chi connectivity index (χ0v) is 11.9. The third-order valence-electron chi connectivity index (χ3n) is 3.59.